The summed E-state index contributed by atoms with van der Waals surface area (Å²) in [5.41, 5.74) is -0.390. The minimum Gasteiger partial charge on any atom is -0.367 e. The molecule has 1 aromatic rings. The number of hydrogen-bond acceptors (Lipinski definition) is 2. The summed E-state index contributed by atoms with van der Waals surface area (Å²) in [6.07, 6.45) is -4.94. The fourth-order valence-electron chi connectivity index (χ4n) is 2.28. The van der Waals surface area contributed by atoms with E-state index in [2.05, 4.69) is 5.32 Å². The van der Waals surface area contributed by atoms with Gasteiger partial charge in [-0.3, -0.25) is 0 Å². The molecule has 2 unspecified atom stereocenters. The van der Waals surface area contributed by atoms with Gasteiger partial charge < -0.3 is 10.1 Å². The summed E-state index contributed by atoms with van der Waals surface area (Å²) in [6.45, 7) is 5.10. The third-order valence-corrected chi connectivity index (χ3v) is 3.37. The minimum atomic E-state index is -4.34. The molecule has 0 spiro atoms. The molecule has 2 nitrogen and oxygen atoms in total. The Morgan fingerprint density at radius 2 is 1.89 bits per heavy atom. The number of morpholine rings is 1. The Morgan fingerprint density at radius 3 is 2.53 bits per heavy atom. The average Bonchev–Trinajstić information content (AvgIpc) is 2.38. The fourth-order valence-corrected chi connectivity index (χ4v) is 2.28. The molecule has 1 aromatic carbocycles. The van der Waals surface area contributed by atoms with Crippen LogP contribution in [0.2, 0.25) is 0 Å². The van der Waals surface area contributed by atoms with Crippen LogP contribution in [0.5, 0.6) is 0 Å². The lowest BCUT2D eigenvalue weighted by molar-refractivity contribution is -0.141. The highest BCUT2D eigenvalue weighted by molar-refractivity contribution is 5.32. The van der Waals surface area contributed by atoms with Crippen molar-refractivity contribution in [1.29, 1.82) is 0 Å². The predicted octanol–water partition coefficient (Wildman–Crippen LogP) is 3.39. The molecule has 2 rings (SSSR count). The molecule has 5 heteroatoms. The molecule has 1 aliphatic heterocycles. The van der Waals surface area contributed by atoms with Crippen LogP contribution in [-0.2, 0) is 10.9 Å². The summed E-state index contributed by atoms with van der Waals surface area (Å²) >= 11 is 0. The molecule has 19 heavy (non-hydrogen) atoms. The van der Waals surface area contributed by atoms with Crippen molar-refractivity contribution in [1.82, 2.24) is 5.32 Å². The summed E-state index contributed by atoms with van der Waals surface area (Å²) in [5.74, 6) is 0.272. The summed E-state index contributed by atoms with van der Waals surface area (Å²) in [6, 6.07) is 5.63. The second kappa shape index (κ2) is 5.51. The Labute approximate surface area is 111 Å². The third-order valence-electron chi connectivity index (χ3n) is 3.37. The molecule has 1 heterocycles. The van der Waals surface area contributed by atoms with E-state index in [1.54, 1.807) is 6.07 Å². The second-order valence-electron chi connectivity index (χ2n) is 5.15. The minimum absolute atomic E-state index is 0.0555. The molecule has 1 aliphatic rings. The van der Waals surface area contributed by atoms with Crippen LogP contribution < -0.4 is 5.32 Å². The highest BCUT2D eigenvalue weighted by atomic mass is 19.4. The first-order valence-electron chi connectivity index (χ1n) is 6.42. The number of halogens is 3. The van der Waals surface area contributed by atoms with Gasteiger partial charge in [0, 0.05) is 13.1 Å². The highest BCUT2D eigenvalue weighted by Crippen LogP contribution is 2.36. The lowest BCUT2D eigenvalue weighted by Crippen LogP contribution is -2.43. The van der Waals surface area contributed by atoms with E-state index in [9.17, 15) is 13.2 Å². The van der Waals surface area contributed by atoms with E-state index in [1.165, 1.54) is 12.1 Å². The van der Waals surface area contributed by atoms with Crippen LogP contribution in [0.1, 0.15) is 31.1 Å². The van der Waals surface area contributed by atoms with Crippen molar-refractivity contribution in [3.8, 4) is 0 Å². The Balaban J connectivity index is 2.27. The molecule has 0 radical (unpaired) electrons. The van der Waals surface area contributed by atoms with Gasteiger partial charge in [0.2, 0.25) is 0 Å². The van der Waals surface area contributed by atoms with Crippen LogP contribution in [0.15, 0.2) is 24.3 Å². The lowest BCUT2D eigenvalue weighted by Gasteiger charge is -2.34. The van der Waals surface area contributed by atoms with Crippen LogP contribution in [0, 0.1) is 5.92 Å². The van der Waals surface area contributed by atoms with E-state index in [4.69, 9.17) is 4.74 Å². The summed E-state index contributed by atoms with van der Waals surface area (Å²) in [4.78, 5) is 0. The average molecular weight is 273 g/mol. The second-order valence-corrected chi connectivity index (χ2v) is 5.15. The first-order valence-corrected chi connectivity index (χ1v) is 6.42. The van der Waals surface area contributed by atoms with E-state index in [1.807, 2.05) is 13.8 Å². The van der Waals surface area contributed by atoms with E-state index in [0.717, 1.165) is 6.07 Å². The Morgan fingerprint density at radius 1 is 1.21 bits per heavy atom. The van der Waals surface area contributed by atoms with Gasteiger partial charge in [-0.05, 0) is 17.5 Å². The maximum atomic E-state index is 13.0. The van der Waals surface area contributed by atoms with E-state index in [0.29, 0.717) is 13.1 Å². The Bertz CT molecular complexity index is 431. The van der Waals surface area contributed by atoms with Gasteiger partial charge >= 0.3 is 6.18 Å². The smallest absolute Gasteiger partial charge is 0.367 e. The molecule has 106 valence electrons. The van der Waals surface area contributed by atoms with Crippen LogP contribution in [0.25, 0.3) is 0 Å². The van der Waals surface area contributed by atoms with Crippen LogP contribution in [0.4, 0.5) is 13.2 Å². The number of hydrogen-bond donors (Lipinski definition) is 1. The Kier molecular flexibility index (Phi) is 4.16. The van der Waals surface area contributed by atoms with E-state index in [-0.39, 0.29) is 17.6 Å². The first-order chi connectivity index (χ1) is 8.89. The predicted molar refractivity (Wildman–Crippen MR) is 66.8 cm³/mol. The molecule has 0 aromatic heterocycles. The number of alkyl halides is 3. The van der Waals surface area contributed by atoms with Gasteiger partial charge in [-0.15, -0.1) is 0 Å². The van der Waals surface area contributed by atoms with E-state index < -0.39 is 17.8 Å². The number of ether oxygens (including phenoxy) is 1. The molecule has 0 bridgehead atoms. The lowest BCUT2D eigenvalue weighted by atomic mass is 9.98. The highest BCUT2D eigenvalue weighted by Gasteiger charge is 2.36. The van der Waals surface area contributed by atoms with Gasteiger partial charge in [-0.1, -0.05) is 32.0 Å². The topological polar surface area (TPSA) is 21.3 Å². The van der Waals surface area contributed by atoms with Crippen molar-refractivity contribution >= 4 is 0 Å². The molecule has 0 amide bonds. The van der Waals surface area contributed by atoms with Crippen molar-refractivity contribution in [3.05, 3.63) is 35.4 Å². The first kappa shape index (κ1) is 14.3. The molecule has 1 saturated heterocycles. The van der Waals surface area contributed by atoms with Gasteiger partial charge in [0.1, 0.15) is 0 Å². The van der Waals surface area contributed by atoms with Crippen molar-refractivity contribution in [2.24, 2.45) is 5.92 Å². The molecular weight excluding hydrogens is 255 g/mol. The zero-order valence-corrected chi connectivity index (χ0v) is 11.0. The normalized spacial score (nSPS) is 24.7. The maximum absolute atomic E-state index is 13.0. The number of rotatable bonds is 2. The monoisotopic (exact) mass is 273 g/mol. The third kappa shape index (κ3) is 3.28. The quantitative estimate of drug-likeness (QED) is 0.891. The summed E-state index contributed by atoms with van der Waals surface area (Å²) in [7, 11) is 0. The summed E-state index contributed by atoms with van der Waals surface area (Å²) < 4.78 is 44.8. The molecule has 1 fully saturated rings. The number of benzene rings is 1. The number of nitrogens with one attached hydrogen (secondary N) is 1. The molecule has 0 saturated carbocycles. The molecule has 1 N–H and O–H groups in total. The standard InChI is InChI=1S/C14H18F3NO/c1-9(2)12-7-18-8-13(19-12)10-5-3-4-6-11(10)14(15,16)17/h3-6,9,12-13,18H,7-8H2,1-2H3. The van der Waals surface area contributed by atoms with Crippen LogP contribution in [-0.4, -0.2) is 19.2 Å². The molecular formula is C14H18F3NO. The van der Waals surface area contributed by atoms with Crippen molar-refractivity contribution < 1.29 is 17.9 Å². The van der Waals surface area contributed by atoms with Gasteiger partial charge in [-0.25, -0.2) is 0 Å². The summed E-state index contributed by atoms with van der Waals surface area (Å²) in [5, 5.41) is 3.15. The maximum Gasteiger partial charge on any atom is 0.416 e. The van der Waals surface area contributed by atoms with Crippen molar-refractivity contribution in [2.45, 2.75) is 32.2 Å². The fraction of sp³-hybridized carbons (Fsp3) is 0.571. The van der Waals surface area contributed by atoms with Crippen molar-refractivity contribution in [3.63, 3.8) is 0 Å². The van der Waals surface area contributed by atoms with E-state index >= 15 is 0 Å². The molecule has 2 atom stereocenters. The van der Waals surface area contributed by atoms with Gasteiger partial charge in [0.05, 0.1) is 17.8 Å². The molecule has 0 aliphatic carbocycles. The van der Waals surface area contributed by atoms with Gasteiger partial charge in [0.25, 0.3) is 0 Å². The van der Waals surface area contributed by atoms with Crippen molar-refractivity contribution in [2.75, 3.05) is 13.1 Å². The van der Waals surface area contributed by atoms with Gasteiger partial charge in [-0.2, -0.15) is 13.2 Å². The SMILES string of the molecule is CC(C)C1CNCC(c2ccccc2C(F)(F)F)O1. The van der Waals surface area contributed by atoms with Crippen LogP contribution >= 0.6 is 0 Å². The van der Waals surface area contributed by atoms with Gasteiger partial charge in [0.15, 0.2) is 0 Å². The Hall–Kier alpha value is -1.07. The zero-order valence-electron chi connectivity index (χ0n) is 11.0. The largest absolute Gasteiger partial charge is 0.416 e. The van der Waals surface area contributed by atoms with Crippen LogP contribution in [0.3, 0.4) is 0 Å². The zero-order chi connectivity index (χ0) is 14.0.